The molecule has 4 nitrogen and oxygen atoms in total. The van der Waals surface area contributed by atoms with Crippen molar-refractivity contribution in [3.63, 3.8) is 0 Å². The maximum atomic E-state index is 5.51. The number of ether oxygens (including phenoxy) is 1. The molecule has 0 aromatic rings. The molecule has 0 fully saturated rings. The fourth-order valence-electron chi connectivity index (χ4n) is 0.807. The smallest absolute Gasteiger partial charge is 0.385 e. The zero-order chi connectivity index (χ0) is 10.2. The summed E-state index contributed by atoms with van der Waals surface area (Å²) in [5, 5.41) is 0. The van der Waals surface area contributed by atoms with E-state index in [1.54, 1.807) is 21.3 Å². The third-order valence-electron chi connectivity index (χ3n) is 1.85. The molecule has 0 heterocycles. The van der Waals surface area contributed by atoms with Gasteiger partial charge in [-0.25, -0.2) is 0 Å². The normalized spacial score (nSPS) is 12.0. The molecule has 80 valence electrons. The second-order valence-electron chi connectivity index (χ2n) is 2.82. The van der Waals surface area contributed by atoms with Crippen LogP contribution in [-0.2, 0) is 18.0 Å². The van der Waals surface area contributed by atoms with Gasteiger partial charge in [0.25, 0.3) is 0 Å². The lowest BCUT2D eigenvalue weighted by Crippen LogP contribution is -2.40. The fraction of sp³-hybridized carbons (Fsp3) is 1.00. The van der Waals surface area contributed by atoms with Crippen molar-refractivity contribution in [2.75, 3.05) is 34.5 Å². The Labute approximate surface area is 81.5 Å². The van der Waals surface area contributed by atoms with E-state index in [0.29, 0.717) is 6.61 Å². The van der Waals surface area contributed by atoms with Crippen LogP contribution in [0.2, 0.25) is 6.55 Å². The van der Waals surface area contributed by atoms with Crippen molar-refractivity contribution in [3.8, 4) is 0 Å². The lowest BCUT2D eigenvalue weighted by molar-refractivity contribution is 0.0997. The minimum atomic E-state index is -2.30. The number of hydrogen-bond donors (Lipinski definition) is 0. The van der Waals surface area contributed by atoms with Crippen molar-refractivity contribution in [2.45, 2.75) is 19.4 Å². The monoisotopic (exact) mass is 208 g/mol. The SMILES string of the molecule is COCCCCO[Si](C)(OC)OC. The molecule has 0 aliphatic rings. The van der Waals surface area contributed by atoms with Gasteiger partial charge in [-0.2, -0.15) is 0 Å². The molecule has 0 radical (unpaired) electrons. The Hall–Kier alpha value is 0.0569. The van der Waals surface area contributed by atoms with Gasteiger partial charge < -0.3 is 18.0 Å². The first-order chi connectivity index (χ1) is 6.18. The van der Waals surface area contributed by atoms with Gasteiger partial charge in [0.1, 0.15) is 0 Å². The molecule has 0 aliphatic carbocycles. The summed E-state index contributed by atoms with van der Waals surface area (Å²) in [6.07, 6.45) is 1.98. The van der Waals surface area contributed by atoms with Crippen LogP contribution in [0.25, 0.3) is 0 Å². The Morgan fingerprint density at radius 3 is 1.92 bits per heavy atom. The van der Waals surface area contributed by atoms with E-state index in [9.17, 15) is 0 Å². The Morgan fingerprint density at radius 1 is 0.923 bits per heavy atom. The van der Waals surface area contributed by atoms with Gasteiger partial charge in [-0.05, 0) is 12.8 Å². The first kappa shape index (κ1) is 13.1. The highest BCUT2D eigenvalue weighted by molar-refractivity contribution is 6.59. The van der Waals surface area contributed by atoms with E-state index in [4.69, 9.17) is 18.0 Å². The summed E-state index contributed by atoms with van der Waals surface area (Å²) < 4.78 is 20.7. The lowest BCUT2D eigenvalue weighted by Gasteiger charge is -2.21. The molecule has 0 atom stereocenters. The highest BCUT2D eigenvalue weighted by atomic mass is 28.4. The van der Waals surface area contributed by atoms with Gasteiger partial charge in [-0.15, -0.1) is 0 Å². The second kappa shape index (κ2) is 7.46. The van der Waals surface area contributed by atoms with Crippen LogP contribution >= 0.6 is 0 Å². The van der Waals surface area contributed by atoms with Crippen LogP contribution in [0.15, 0.2) is 0 Å². The van der Waals surface area contributed by atoms with Gasteiger partial charge in [-0.3, -0.25) is 0 Å². The number of unbranched alkanes of at least 4 members (excludes halogenated alkanes) is 1. The minimum absolute atomic E-state index is 0.674. The van der Waals surface area contributed by atoms with Crippen LogP contribution in [0.3, 0.4) is 0 Å². The molecule has 0 rings (SSSR count). The first-order valence-electron chi connectivity index (χ1n) is 4.41. The molecule has 0 aliphatic heterocycles. The van der Waals surface area contributed by atoms with Crippen LogP contribution in [0, 0.1) is 0 Å². The van der Waals surface area contributed by atoms with Crippen LogP contribution in [0.5, 0.6) is 0 Å². The van der Waals surface area contributed by atoms with Crippen LogP contribution < -0.4 is 0 Å². The van der Waals surface area contributed by atoms with E-state index >= 15 is 0 Å². The third-order valence-corrected chi connectivity index (χ3v) is 4.06. The van der Waals surface area contributed by atoms with E-state index in [2.05, 4.69) is 0 Å². The standard InChI is InChI=1S/C8H20O4Si/c1-9-7-5-6-8-12-13(4,10-2)11-3/h5-8H2,1-4H3. The summed E-state index contributed by atoms with van der Waals surface area (Å²) in [4.78, 5) is 0. The van der Waals surface area contributed by atoms with E-state index in [0.717, 1.165) is 19.4 Å². The molecule has 0 aromatic carbocycles. The van der Waals surface area contributed by atoms with Crippen molar-refractivity contribution >= 4 is 8.80 Å². The summed E-state index contributed by atoms with van der Waals surface area (Å²) in [5.74, 6) is 0. The van der Waals surface area contributed by atoms with Crippen LogP contribution in [0.1, 0.15) is 12.8 Å². The zero-order valence-electron chi connectivity index (χ0n) is 8.96. The van der Waals surface area contributed by atoms with Crippen molar-refractivity contribution in [3.05, 3.63) is 0 Å². The average molecular weight is 208 g/mol. The van der Waals surface area contributed by atoms with Gasteiger partial charge >= 0.3 is 8.80 Å². The zero-order valence-corrected chi connectivity index (χ0v) is 9.96. The highest BCUT2D eigenvalue weighted by Crippen LogP contribution is 2.06. The maximum Gasteiger partial charge on any atom is 0.497 e. The average Bonchev–Trinajstić information content (AvgIpc) is 2.17. The Bertz CT molecular complexity index is 117. The van der Waals surface area contributed by atoms with Gasteiger partial charge in [0.2, 0.25) is 0 Å². The quantitative estimate of drug-likeness (QED) is 0.445. The predicted octanol–water partition coefficient (Wildman–Crippen LogP) is 1.29. The molecule has 0 aromatic heterocycles. The summed E-state index contributed by atoms with van der Waals surface area (Å²) in [7, 11) is 2.63. The third kappa shape index (κ3) is 6.17. The molecule has 0 saturated heterocycles. The highest BCUT2D eigenvalue weighted by Gasteiger charge is 2.31. The van der Waals surface area contributed by atoms with E-state index in [1.165, 1.54) is 0 Å². The Kier molecular flexibility index (Phi) is 7.49. The van der Waals surface area contributed by atoms with Crippen LogP contribution in [-0.4, -0.2) is 43.3 Å². The molecular weight excluding hydrogens is 188 g/mol. The van der Waals surface area contributed by atoms with Crippen molar-refractivity contribution in [2.24, 2.45) is 0 Å². The van der Waals surface area contributed by atoms with Crippen molar-refractivity contribution in [1.29, 1.82) is 0 Å². The Balaban J connectivity index is 3.39. The number of hydrogen-bond acceptors (Lipinski definition) is 4. The van der Waals surface area contributed by atoms with Crippen molar-refractivity contribution < 1.29 is 18.0 Å². The molecule has 13 heavy (non-hydrogen) atoms. The van der Waals surface area contributed by atoms with Gasteiger partial charge in [0.05, 0.1) is 0 Å². The van der Waals surface area contributed by atoms with E-state index < -0.39 is 8.80 Å². The molecule has 0 bridgehead atoms. The fourth-order valence-corrected chi connectivity index (χ4v) is 1.72. The molecule has 5 heteroatoms. The largest absolute Gasteiger partial charge is 0.497 e. The molecule has 0 N–H and O–H groups in total. The molecule has 0 amide bonds. The molecule has 0 spiro atoms. The Morgan fingerprint density at radius 2 is 1.46 bits per heavy atom. The first-order valence-corrected chi connectivity index (χ1v) is 6.64. The van der Waals surface area contributed by atoms with Crippen molar-refractivity contribution in [1.82, 2.24) is 0 Å². The van der Waals surface area contributed by atoms with E-state index in [-0.39, 0.29) is 0 Å². The maximum absolute atomic E-state index is 5.51. The summed E-state index contributed by atoms with van der Waals surface area (Å²) in [6.45, 7) is 3.33. The number of rotatable bonds is 8. The molecule has 0 unspecified atom stereocenters. The topological polar surface area (TPSA) is 36.9 Å². The molecule has 0 saturated carbocycles. The lowest BCUT2D eigenvalue weighted by atomic mass is 10.3. The summed E-state index contributed by atoms with van der Waals surface area (Å²) >= 11 is 0. The minimum Gasteiger partial charge on any atom is -0.385 e. The van der Waals surface area contributed by atoms with Crippen LogP contribution in [0.4, 0.5) is 0 Å². The molecular formula is C8H20O4Si. The van der Waals surface area contributed by atoms with Gasteiger partial charge in [-0.1, -0.05) is 0 Å². The summed E-state index contributed by atoms with van der Waals surface area (Å²) in [5.41, 5.74) is 0. The van der Waals surface area contributed by atoms with Gasteiger partial charge in [0.15, 0.2) is 0 Å². The predicted molar refractivity (Wildman–Crippen MR) is 52.7 cm³/mol. The van der Waals surface area contributed by atoms with E-state index in [1.807, 2.05) is 6.55 Å². The van der Waals surface area contributed by atoms with Gasteiger partial charge in [0, 0.05) is 41.1 Å². The second-order valence-corrected chi connectivity index (χ2v) is 5.65. The number of methoxy groups -OCH3 is 1. The summed E-state index contributed by atoms with van der Waals surface area (Å²) in [6, 6.07) is 0.